The van der Waals surface area contributed by atoms with Crippen LogP contribution in [0.15, 0.2) is 97.1 Å². The van der Waals surface area contributed by atoms with Crippen LogP contribution in [0.25, 0.3) is 11.1 Å². The summed E-state index contributed by atoms with van der Waals surface area (Å²) in [7, 11) is 3.10. The number of aliphatic carboxylic acids is 2. The number of rotatable bonds is 12. The first-order valence-corrected chi connectivity index (χ1v) is 14.9. The summed E-state index contributed by atoms with van der Waals surface area (Å²) in [4.78, 5) is 65.2. The normalized spacial score (nSPS) is 11.1. The molecule has 10 heteroatoms. The molecular formula is C37H36N2O8. The number of hydrogen-bond donors (Lipinski definition) is 3. The Morgan fingerprint density at radius 2 is 1.40 bits per heavy atom. The number of anilines is 1. The van der Waals surface area contributed by atoms with E-state index in [1.54, 1.807) is 32.3 Å². The number of ether oxygens (including phenoxy) is 1. The van der Waals surface area contributed by atoms with Gasteiger partial charge in [-0.15, -0.1) is 0 Å². The Hall–Kier alpha value is -5.77. The predicted molar refractivity (Wildman–Crippen MR) is 176 cm³/mol. The number of esters is 1. The van der Waals surface area contributed by atoms with Gasteiger partial charge in [0, 0.05) is 19.7 Å². The van der Waals surface area contributed by atoms with Crippen LogP contribution in [0, 0.1) is 0 Å². The molecule has 0 spiro atoms. The molecule has 0 aromatic heterocycles. The van der Waals surface area contributed by atoms with Gasteiger partial charge in [-0.1, -0.05) is 92.7 Å². The third-order valence-corrected chi connectivity index (χ3v) is 7.82. The van der Waals surface area contributed by atoms with E-state index in [2.05, 4.69) is 19.2 Å². The van der Waals surface area contributed by atoms with Gasteiger partial charge in [0.05, 0.1) is 17.7 Å². The van der Waals surface area contributed by atoms with Crippen molar-refractivity contribution in [1.82, 2.24) is 4.90 Å². The van der Waals surface area contributed by atoms with Crippen LogP contribution in [0.3, 0.4) is 0 Å². The Labute approximate surface area is 272 Å². The van der Waals surface area contributed by atoms with Gasteiger partial charge in [-0.25, -0.2) is 0 Å². The van der Waals surface area contributed by atoms with E-state index in [9.17, 15) is 34.2 Å². The molecule has 47 heavy (non-hydrogen) atoms. The molecule has 242 valence electrons. The highest BCUT2D eigenvalue weighted by atomic mass is 16.5. The minimum absolute atomic E-state index is 0.0547. The van der Waals surface area contributed by atoms with Gasteiger partial charge in [0.15, 0.2) is 0 Å². The lowest BCUT2D eigenvalue weighted by atomic mass is 9.81. The van der Waals surface area contributed by atoms with Crippen LogP contribution >= 0.6 is 0 Å². The van der Waals surface area contributed by atoms with Crippen LogP contribution in [0.1, 0.15) is 57.2 Å². The van der Waals surface area contributed by atoms with Crippen molar-refractivity contribution < 1.29 is 38.9 Å². The molecule has 4 rings (SSSR count). The molecule has 0 aliphatic carbocycles. The molecule has 0 radical (unpaired) electrons. The number of carbonyl (C=O) groups excluding carboxylic acids is 3. The smallest absolute Gasteiger partial charge is 0.329 e. The summed E-state index contributed by atoms with van der Waals surface area (Å²) in [5.41, 5.74) is 1.25. The number of nitrogens with zero attached hydrogens (tertiary/aromatic N) is 1. The second kappa shape index (κ2) is 14.6. The van der Waals surface area contributed by atoms with E-state index in [1.165, 1.54) is 52.9 Å². The average molecular weight is 637 g/mol. The fraction of sp³-hybridized carbons (Fsp3) is 0.216. The lowest BCUT2D eigenvalue weighted by molar-refractivity contribution is -0.163. The zero-order valence-corrected chi connectivity index (χ0v) is 26.5. The number of benzene rings is 4. The summed E-state index contributed by atoms with van der Waals surface area (Å²) >= 11 is 0. The maximum absolute atomic E-state index is 13.6. The Bertz CT molecular complexity index is 1780. The zero-order chi connectivity index (χ0) is 34.3. The van der Waals surface area contributed by atoms with Gasteiger partial charge in [-0.05, 0) is 51.9 Å². The summed E-state index contributed by atoms with van der Waals surface area (Å²) in [5, 5.41) is 22.5. The molecule has 4 aromatic rings. The van der Waals surface area contributed by atoms with E-state index in [0.29, 0.717) is 17.0 Å². The molecule has 0 aliphatic rings. The van der Waals surface area contributed by atoms with Gasteiger partial charge >= 0.3 is 17.9 Å². The average Bonchev–Trinajstić information content (AvgIpc) is 3.05. The van der Waals surface area contributed by atoms with Crippen molar-refractivity contribution in [2.45, 2.75) is 31.6 Å². The van der Waals surface area contributed by atoms with E-state index in [0.717, 1.165) is 11.1 Å². The molecule has 3 N–H and O–H groups in total. The largest absolute Gasteiger partial charge is 0.480 e. The second-order valence-electron chi connectivity index (χ2n) is 11.6. The summed E-state index contributed by atoms with van der Waals surface area (Å²) in [6, 6.07) is 26.8. The Morgan fingerprint density at radius 3 is 2.00 bits per heavy atom. The number of nitrogens with one attached hydrogen (secondary N) is 1. The summed E-state index contributed by atoms with van der Waals surface area (Å²) in [6.07, 6.45) is -0.388. The zero-order valence-electron chi connectivity index (χ0n) is 26.5. The van der Waals surface area contributed by atoms with Crippen LogP contribution in [0.4, 0.5) is 5.69 Å². The third-order valence-electron chi connectivity index (χ3n) is 7.82. The van der Waals surface area contributed by atoms with Crippen LogP contribution in [0.2, 0.25) is 0 Å². The highest BCUT2D eigenvalue weighted by Crippen LogP contribution is 2.29. The van der Waals surface area contributed by atoms with Crippen molar-refractivity contribution >= 4 is 35.4 Å². The van der Waals surface area contributed by atoms with Crippen molar-refractivity contribution in [2.75, 3.05) is 26.0 Å². The molecule has 0 bridgehead atoms. The van der Waals surface area contributed by atoms with Crippen molar-refractivity contribution in [1.29, 1.82) is 0 Å². The Kier molecular flexibility index (Phi) is 10.6. The Balaban J connectivity index is 1.57. The van der Waals surface area contributed by atoms with Gasteiger partial charge in [0.25, 0.3) is 11.8 Å². The van der Waals surface area contributed by atoms with E-state index in [1.807, 2.05) is 36.4 Å². The van der Waals surface area contributed by atoms with Crippen LogP contribution in [-0.2, 0) is 31.0 Å². The molecule has 0 aliphatic heterocycles. The van der Waals surface area contributed by atoms with Gasteiger partial charge in [0.2, 0.25) is 5.41 Å². The van der Waals surface area contributed by atoms with Gasteiger partial charge in [0.1, 0.15) is 6.61 Å². The third kappa shape index (κ3) is 7.55. The highest BCUT2D eigenvalue weighted by molar-refractivity contribution is 6.12. The quantitative estimate of drug-likeness (QED) is 0.134. The van der Waals surface area contributed by atoms with Gasteiger partial charge < -0.3 is 25.2 Å². The van der Waals surface area contributed by atoms with Crippen molar-refractivity contribution in [3.05, 3.63) is 125 Å². The molecule has 10 nitrogen and oxygen atoms in total. The molecule has 0 fully saturated rings. The monoisotopic (exact) mass is 636 g/mol. The molecule has 0 unspecified atom stereocenters. The first kappa shape index (κ1) is 34.1. The molecule has 0 saturated heterocycles. The highest BCUT2D eigenvalue weighted by Gasteiger charge is 2.50. The van der Waals surface area contributed by atoms with E-state index in [-0.39, 0.29) is 23.2 Å². The van der Waals surface area contributed by atoms with Crippen molar-refractivity contribution in [2.24, 2.45) is 0 Å². The lowest BCUT2D eigenvalue weighted by Crippen LogP contribution is -2.48. The standard InChI is InChI=1S/C37H36N2O8/c1-23(2)25-15-17-26(18-16-25)28-12-8-9-13-29(28)33(41)38-31-19-14-24(20-30(31)34(42)39(3)4)21-32(40)47-22-37(35(43)44,36(45)46)27-10-6-5-7-11-27/h5-20,23H,21-22H2,1-4H3,(H,38,41)(H,43,44)(H,45,46). The fourth-order valence-corrected chi connectivity index (χ4v) is 5.07. The minimum atomic E-state index is -2.51. The number of carboxylic acid groups (broad SMARTS) is 2. The summed E-state index contributed by atoms with van der Waals surface area (Å²) in [5.74, 6) is -4.78. The molecule has 2 amide bonds. The van der Waals surface area contributed by atoms with Crippen molar-refractivity contribution in [3.63, 3.8) is 0 Å². The van der Waals surface area contributed by atoms with Gasteiger partial charge in [-0.2, -0.15) is 0 Å². The van der Waals surface area contributed by atoms with Crippen LogP contribution < -0.4 is 5.32 Å². The number of carbonyl (C=O) groups is 5. The fourth-order valence-electron chi connectivity index (χ4n) is 5.07. The van der Waals surface area contributed by atoms with Crippen LogP contribution in [0.5, 0.6) is 0 Å². The second-order valence-corrected chi connectivity index (χ2v) is 11.6. The first-order chi connectivity index (χ1) is 22.3. The Morgan fingerprint density at radius 1 is 0.787 bits per heavy atom. The summed E-state index contributed by atoms with van der Waals surface area (Å²) in [6.45, 7) is 3.26. The van der Waals surface area contributed by atoms with E-state index >= 15 is 0 Å². The molecule has 4 aromatic carbocycles. The van der Waals surface area contributed by atoms with Gasteiger partial charge in [-0.3, -0.25) is 24.0 Å². The predicted octanol–water partition coefficient (Wildman–Crippen LogP) is 5.62. The van der Waals surface area contributed by atoms with E-state index < -0.39 is 41.7 Å². The number of carboxylic acids is 2. The SMILES string of the molecule is CC(C)c1ccc(-c2ccccc2C(=O)Nc2ccc(CC(=O)OCC(C(=O)O)(C(=O)O)c3ccccc3)cc2C(=O)N(C)C)cc1. The molecule has 0 atom stereocenters. The first-order valence-electron chi connectivity index (χ1n) is 14.9. The minimum Gasteiger partial charge on any atom is -0.480 e. The van der Waals surface area contributed by atoms with Crippen LogP contribution in [-0.4, -0.2) is 65.5 Å². The molecular weight excluding hydrogens is 600 g/mol. The van der Waals surface area contributed by atoms with Crippen molar-refractivity contribution in [3.8, 4) is 11.1 Å². The maximum Gasteiger partial charge on any atom is 0.329 e. The number of amides is 2. The topological polar surface area (TPSA) is 150 Å². The number of hydrogen-bond acceptors (Lipinski definition) is 6. The molecule has 0 saturated carbocycles. The molecule has 0 heterocycles. The van der Waals surface area contributed by atoms with E-state index in [4.69, 9.17) is 4.74 Å². The summed E-state index contributed by atoms with van der Waals surface area (Å²) < 4.78 is 5.20. The lowest BCUT2D eigenvalue weighted by Gasteiger charge is -2.25. The maximum atomic E-state index is 13.6.